The van der Waals surface area contributed by atoms with Crippen LogP contribution in [0.5, 0.6) is 11.5 Å². The van der Waals surface area contributed by atoms with Gasteiger partial charge in [0.15, 0.2) is 11.5 Å². The molecular formula is C22H19ClN2O5. The molecule has 0 unspecified atom stereocenters. The first-order valence-electron chi connectivity index (χ1n) is 9.16. The van der Waals surface area contributed by atoms with Crippen molar-refractivity contribution in [3.63, 3.8) is 0 Å². The maximum atomic E-state index is 12.6. The first kappa shape index (κ1) is 21.4. The van der Waals surface area contributed by atoms with Gasteiger partial charge in [-0.05, 0) is 42.0 Å². The van der Waals surface area contributed by atoms with Crippen LogP contribution in [0.2, 0.25) is 5.02 Å². The normalized spacial score (nSPS) is 14.0. The molecule has 8 heteroatoms. The van der Waals surface area contributed by atoms with Gasteiger partial charge in [-0.1, -0.05) is 23.7 Å². The van der Waals surface area contributed by atoms with Crippen molar-refractivity contribution < 1.29 is 23.8 Å². The fraction of sp³-hybridized carbons (Fsp3) is 0.227. The number of carbonyl (C=O) groups excluding carboxylic acids is 2. The van der Waals surface area contributed by atoms with Crippen LogP contribution in [0, 0.1) is 11.3 Å². The van der Waals surface area contributed by atoms with Gasteiger partial charge in [0, 0.05) is 18.1 Å². The molecule has 0 N–H and O–H groups in total. The summed E-state index contributed by atoms with van der Waals surface area (Å²) in [5.74, 6) is -0.441. The molecule has 0 bridgehead atoms. The summed E-state index contributed by atoms with van der Waals surface area (Å²) in [6.07, 6.45) is 1.48. The molecule has 2 aromatic rings. The second-order valence-electron chi connectivity index (χ2n) is 6.38. The minimum Gasteiger partial charge on any atom is -0.493 e. The zero-order valence-corrected chi connectivity index (χ0v) is 17.0. The standard InChI is InChI=1S/C22H19ClN2O5/c1-28-20-12-15(11-17(14-24)21(26)25-7-9-29-10-8-25)5-6-19(20)30-22(27)16-3-2-4-18(23)13-16/h2-6,11-13H,7-10H2,1H3/b17-11+. The molecule has 1 fully saturated rings. The Morgan fingerprint density at radius 2 is 1.93 bits per heavy atom. The van der Waals surface area contributed by atoms with E-state index in [2.05, 4.69) is 0 Å². The third-order valence-electron chi connectivity index (χ3n) is 4.41. The van der Waals surface area contributed by atoms with Crippen LogP contribution < -0.4 is 9.47 Å². The van der Waals surface area contributed by atoms with Crippen LogP contribution in [0.4, 0.5) is 0 Å². The molecule has 1 heterocycles. The third-order valence-corrected chi connectivity index (χ3v) is 4.65. The molecule has 3 rings (SSSR count). The number of rotatable bonds is 5. The van der Waals surface area contributed by atoms with E-state index in [1.54, 1.807) is 41.3 Å². The van der Waals surface area contributed by atoms with E-state index < -0.39 is 5.97 Å². The predicted molar refractivity (Wildman–Crippen MR) is 110 cm³/mol. The Labute approximate surface area is 179 Å². The Kier molecular flexibility index (Phi) is 7.07. The smallest absolute Gasteiger partial charge is 0.343 e. The van der Waals surface area contributed by atoms with E-state index in [4.69, 9.17) is 25.8 Å². The molecule has 1 aliphatic heterocycles. The highest BCUT2D eigenvalue weighted by atomic mass is 35.5. The molecule has 7 nitrogen and oxygen atoms in total. The van der Waals surface area contributed by atoms with Gasteiger partial charge in [0.2, 0.25) is 0 Å². The molecule has 2 aromatic carbocycles. The van der Waals surface area contributed by atoms with E-state index in [0.717, 1.165) is 0 Å². The number of nitriles is 1. The molecule has 0 atom stereocenters. The summed E-state index contributed by atoms with van der Waals surface area (Å²) in [7, 11) is 1.43. The van der Waals surface area contributed by atoms with Gasteiger partial charge in [-0.15, -0.1) is 0 Å². The molecular weight excluding hydrogens is 408 g/mol. The summed E-state index contributed by atoms with van der Waals surface area (Å²) in [4.78, 5) is 26.5. The van der Waals surface area contributed by atoms with Crippen molar-refractivity contribution in [2.45, 2.75) is 0 Å². The number of methoxy groups -OCH3 is 1. The molecule has 0 radical (unpaired) electrons. The SMILES string of the molecule is COc1cc(/C=C(\C#N)C(=O)N2CCOCC2)ccc1OC(=O)c1cccc(Cl)c1. The first-order valence-corrected chi connectivity index (χ1v) is 9.54. The molecule has 1 amide bonds. The van der Waals surface area contributed by atoms with Crippen molar-refractivity contribution in [3.05, 3.63) is 64.2 Å². The predicted octanol–water partition coefficient (Wildman–Crippen LogP) is 3.33. The Bertz CT molecular complexity index is 1020. The highest BCUT2D eigenvalue weighted by molar-refractivity contribution is 6.30. The zero-order chi connectivity index (χ0) is 21.5. The Morgan fingerprint density at radius 1 is 1.17 bits per heavy atom. The van der Waals surface area contributed by atoms with Crippen LogP contribution in [0.1, 0.15) is 15.9 Å². The summed E-state index contributed by atoms with van der Waals surface area (Å²) >= 11 is 5.91. The van der Waals surface area contributed by atoms with Crippen molar-refractivity contribution in [2.75, 3.05) is 33.4 Å². The summed E-state index contributed by atoms with van der Waals surface area (Å²) in [5.41, 5.74) is 0.867. The maximum Gasteiger partial charge on any atom is 0.343 e. The van der Waals surface area contributed by atoms with E-state index in [0.29, 0.717) is 42.5 Å². The zero-order valence-electron chi connectivity index (χ0n) is 16.3. The fourth-order valence-electron chi connectivity index (χ4n) is 2.88. The van der Waals surface area contributed by atoms with Gasteiger partial charge in [0.1, 0.15) is 11.6 Å². The fourth-order valence-corrected chi connectivity index (χ4v) is 3.07. The van der Waals surface area contributed by atoms with Crippen LogP contribution in [0.15, 0.2) is 48.0 Å². The number of morpholine rings is 1. The lowest BCUT2D eigenvalue weighted by Gasteiger charge is -2.26. The first-order chi connectivity index (χ1) is 14.5. The van der Waals surface area contributed by atoms with E-state index in [9.17, 15) is 14.9 Å². The molecule has 1 aliphatic rings. The number of benzene rings is 2. The number of halogens is 1. The number of amides is 1. The summed E-state index contributed by atoms with van der Waals surface area (Å²) in [5, 5.41) is 9.85. The second-order valence-corrected chi connectivity index (χ2v) is 6.82. The van der Waals surface area contributed by atoms with Crippen LogP contribution in [0.3, 0.4) is 0 Å². The van der Waals surface area contributed by atoms with Crippen LogP contribution in [-0.2, 0) is 9.53 Å². The monoisotopic (exact) mass is 426 g/mol. The van der Waals surface area contributed by atoms with Crippen molar-refractivity contribution >= 4 is 29.6 Å². The molecule has 0 spiro atoms. The number of nitrogens with zero attached hydrogens (tertiary/aromatic N) is 2. The summed E-state index contributed by atoms with van der Waals surface area (Å²) in [6, 6.07) is 13.1. The molecule has 1 saturated heterocycles. The highest BCUT2D eigenvalue weighted by Gasteiger charge is 2.21. The van der Waals surface area contributed by atoms with Crippen molar-refractivity contribution in [3.8, 4) is 17.6 Å². The number of esters is 1. The van der Waals surface area contributed by atoms with Crippen LogP contribution in [0.25, 0.3) is 6.08 Å². The van der Waals surface area contributed by atoms with Crippen molar-refractivity contribution in [1.29, 1.82) is 5.26 Å². The van der Waals surface area contributed by atoms with E-state index >= 15 is 0 Å². The van der Waals surface area contributed by atoms with Crippen molar-refractivity contribution in [2.24, 2.45) is 0 Å². The Balaban J connectivity index is 1.80. The van der Waals surface area contributed by atoms with Crippen LogP contribution in [-0.4, -0.2) is 50.2 Å². The lowest BCUT2D eigenvalue weighted by molar-refractivity contribution is -0.130. The second kappa shape index (κ2) is 9.92. The minimum atomic E-state index is -0.584. The highest BCUT2D eigenvalue weighted by Crippen LogP contribution is 2.30. The number of hydrogen-bond donors (Lipinski definition) is 0. The van der Waals surface area contributed by atoms with Gasteiger partial charge in [-0.3, -0.25) is 4.79 Å². The Morgan fingerprint density at radius 3 is 2.60 bits per heavy atom. The minimum absolute atomic E-state index is 0.00243. The molecule has 0 aliphatic carbocycles. The average molecular weight is 427 g/mol. The van der Waals surface area contributed by atoms with E-state index in [1.807, 2.05) is 6.07 Å². The third kappa shape index (κ3) is 5.17. The molecule has 154 valence electrons. The van der Waals surface area contributed by atoms with Gasteiger partial charge in [0.05, 0.1) is 25.9 Å². The molecule has 30 heavy (non-hydrogen) atoms. The lowest BCUT2D eigenvalue weighted by Crippen LogP contribution is -2.41. The summed E-state index contributed by atoms with van der Waals surface area (Å²) < 4.78 is 16.0. The topological polar surface area (TPSA) is 88.9 Å². The quantitative estimate of drug-likeness (QED) is 0.315. The molecule has 0 saturated carbocycles. The lowest BCUT2D eigenvalue weighted by atomic mass is 10.1. The van der Waals surface area contributed by atoms with E-state index in [1.165, 1.54) is 19.3 Å². The van der Waals surface area contributed by atoms with Crippen LogP contribution >= 0.6 is 11.6 Å². The van der Waals surface area contributed by atoms with Gasteiger partial charge in [-0.25, -0.2) is 4.79 Å². The Hall–Kier alpha value is -3.34. The van der Waals surface area contributed by atoms with Gasteiger partial charge >= 0.3 is 5.97 Å². The van der Waals surface area contributed by atoms with Gasteiger partial charge < -0.3 is 19.1 Å². The largest absolute Gasteiger partial charge is 0.493 e. The summed E-state index contributed by atoms with van der Waals surface area (Å²) in [6.45, 7) is 1.79. The number of ether oxygens (including phenoxy) is 3. The molecule has 0 aromatic heterocycles. The van der Waals surface area contributed by atoms with Gasteiger partial charge in [-0.2, -0.15) is 5.26 Å². The van der Waals surface area contributed by atoms with E-state index in [-0.39, 0.29) is 23.0 Å². The average Bonchev–Trinajstić information content (AvgIpc) is 2.78. The maximum absolute atomic E-state index is 12.6. The van der Waals surface area contributed by atoms with Crippen molar-refractivity contribution in [1.82, 2.24) is 4.90 Å². The van der Waals surface area contributed by atoms with Gasteiger partial charge in [0.25, 0.3) is 5.91 Å². The number of hydrogen-bond acceptors (Lipinski definition) is 6. The number of carbonyl (C=O) groups is 2.